The lowest BCUT2D eigenvalue weighted by molar-refractivity contribution is -0.132. The van der Waals surface area contributed by atoms with E-state index in [0.717, 1.165) is 25.7 Å². The van der Waals surface area contributed by atoms with E-state index in [1.165, 1.54) is 32.1 Å². The molecule has 0 aliphatic heterocycles. The Morgan fingerprint density at radius 2 is 1.47 bits per heavy atom. The highest BCUT2D eigenvalue weighted by Gasteiger charge is 2.33. The molecular formula is C20H40NO10P. The third-order valence-electron chi connectivity index (χ3n) is 5.06. The fourth-order valence-electron chi connectivity index (χ4n) is 3.16. The molecule has 0 heterocycles. The largest absolute Gasteiger partial charge is 0.469 e. The SMILES string of the molecule is CCCCCCCCCCCC(O)CC(=O)NC(C=O)C(O)C(O)C(O)COP(=O)(O)O. The van der Waals surface area contributed by atoms with Gasteiger partial charge in [0.05, 0.1) is 19.1 Å². The molecule has 1 amide bonds. The lowest BCUT2D eigenvalue weighted by Crippen LogP contribution is -2.53. The fraction of sp³-hybridized carbons (Fsp3) is 0.900. The number of carbonyl (C=O) groups is 2. The van der Waals surface area contributed by atoms with Gasteiger partial charge in [-0.2, -0.15) is 0 Å². The van der Waals surface area contributed by atoms with Gasteiger partial charge in [0.15, 0.2) is 0 Å². The molecule has 0 aromatic carbocycles. The second kappa shape index (κ2) is 17.6. The van der Waals surface area contributed by atoms with Crippen molar-refractivity contribution in [3.05, 3.63) is 0 Å². The number of amides is 1. The molecule has 0 saturated carbocycles. The minimum Gasteiger partial charge on any atom is -0.393 e. The van der Waals surface area contributed by atoms with Gasteiger partial charge in [-0.15, -0.1) is 0 Å². The molecule has 32 heavy (non-hydrogen) atoms. The third-order valence-corrected chi connectivity index (χ3v) is 5.55. The van der Waals surface area contributed by atoms with E-state index in [1.807, 2.05) is 0 Å². The summed E-state index contributed by atoms with van der Waals surface area (Å²) in [5, 5.41) is 41.6. The van der Waals surface area contributed by atoms with Gasteiger partial charge in [0.1, 0.15) is 30.6 Å². The van der Waals surface area contributed by atoms with Crippen molar-refractivity contribution in [2.75, 3.05) is 6.61 Å². The quantitative estimate of drug-likeness (QED) is 0.0726. The molecule has 5 unspecified atom stereocenters. The van der Waals surface area contributed by atoms with Crippen molar-refractivity contribution < 1.29 is 48.9 Å². The Balaban J connectivity index is 4.20. The van der Waals surface area contributed by atoms with Crippen LogP contribution in [0.2, 0.25) is 0 Å². The Hall–Kier alpha value is -0.910. The predicted octanol–water partition coefficient (Wildman–Crippen LogP) is 0.534. The van der Waals surface area contributed by atoms with Crippen LogP contribution in [0, 0.1) is 0 Å². The molecule has 0 aliphatic carbocycles. The van der Waals surface area contributed by atoms with Gasteiger partial charge in [0.2, 0.25) is 5.91 Å². The molecule has 5 atom stereocenters. The van der Waals surface area contributed by atoms with Gasteiger partial charge in [-0.3, -0.25) is 9.32 Å². The minimum absolute atomic E-state index is 0.148. The van der Waals surface area contributed by atoms with Crippen LogP contribution in [-0.4, -0.2) is 79.5 Å². The Bertz CT molecular complexity index is 558. The average molecular weight is 486 g/mol. The van der Waals surface area contributed by atoms with Crippen LogP contribution in [-0.2, 0) is 18.7 Å². The summed E-state index contributed by atoms with van der Waals surface area (Å²) < 4.78 is 14.7. The van der Waals surface area contributed by atoms with E-state index in [0.29, 0.717) is 6.42 Å². The van der Waals surface area contributed by atoms with Crippen molar-refractivity contribution in [2.24, 2.45) is 0 Å². The number of aldehydes is 1. The van der Waals surface area contributed by atoms with Crippen molar-refractivity contribution >= 4 is 20.0 Å². The predicted molar refractivity (Wildman–Crippen MR) is 116 cm³/mol. The number of rotatable bonds is 20. The van der Waals surface area contributed by atoms with Crippen molar-refractivity contribution in [1.29, 1.82) is 0 Å². The molecule has 0 aromatic rings. The van der Waals surface area contributed by atoms with Gasteiger partial charge >= 0.3 is 7.82 Å². The molecule has 0 bridgehead atoms. The van der Waals surface area contributed by atoms with Crippen molar-refractivity contribution in [3.63, 3.8) is 0 Å². The first-order valence-electron chi connectivity index (χ1n) is 11.2. The van der Waals surface area contributed by atoms with Crippen LogP contribution in [0.15, 0.2) is 0 Å². The van der Waals surface area contributed by atoms with Crippen LogP contribution in [0.4, 0.5) is 0 Å². The zero-order valence-electron chi connectivity index (χ0n) is 18.7. The Morgan fingerprint density at radius 3 is 1.97 bits per heavy atom. The molecule has 7 N–H and O–H groups in total. The Kier molecular flexibility index (Phi) is 17.1. The molecule has 0 saturated heterocycles. The molecule has 0 spiro atoms. The lowest BCUT2D eigenvalue weighted by atomic mass is 10.0. The number of hydrogen-bond donors (Lipinski definition) is 7. The topological polar surface area (TPSA) is 194 Å². The number of aliphatic hydroxyl groups is 4. The van der Waals surface area contributed by atoms with E-state index in [1.54, 1.807) is 0 Å². The first-order chi connectivity index (χ1) is 15.0. The maximum atomic E-state index is 12.0. The fourth-order valence-corrected chi connectivity index (χ4v) is 3.51. The zero-order valence-corrected chi connectivity index (χ0v) is 19.6. The molecule has 12 heteroatoms. The number of hydrogen-bond acceptors (Lipinski definition) is 8. The first-order valence-corrected chi connectivity index (χ1v) is 12.7. The minimum atomic E-state index is -4.90. The highest BCUT2D eigenvalue weighted by molar-refractivity contribution is 7.46. The molecule has 0 radical (unpaired) electrons. The van der Waals surface area contributed by atoms with E-state index in [9.17, 15) is 34.6 Å². The van der Waals surface area contributed by atoms with E-state index >= 15 is 0 Å². The van der Waals surface area contributed by atoms with E-state index in [2.05, 4.69) is 16.8 Å². The van der Waals surface area contributed by atoms with Gasteiger partial charge in [0, 0.05) is 0 Å². The Morgan fingerprint density at radius 1 is 0.938 bits per heavy atom. The summed E-state index contributed by atoms with van der Waals surface area (Å²) in [7, 11) is -4.90. The van der Waals surface area contributed by atoms with Crippen LogP contribution in [0.1, 0.15) is 77.6 Å². The average Bonchev–Trinajstić information content (AvgIpc) is 2.73. The zero-order chi connectivity index (χ0) is 24.6. The summed E-state index contributed by atoms with van der Waals surface area (Å²) >= 11 is 0. The van der Waals surface area contributed by atoms with Crippen LogP contribution < -0.4 is 5.32 Å². The summed E-state index contributed by atoms with van der Waals surface area (Å²) in [5.41, 5.74) is 0. The van der Waals surface area contributed by atoms with Crippen LogP contribution in [0.25, 0.3) is 0 Å². The van der Waals surface area contributed by atoms with E-state index < -0.39 is 50.8 Å². The smallest absolute Gasteiger partial charge is 0.393 e. The highest BCUT2D eigenvalue weighted by atomic mass is 31.2. The van der Waals surface area contributed by atoms with Crippen LogP contribution >= 0.6 is 7.82 Å². The maximum absolute atomic E-state index is 12.0. The van der Waals surface area contributed by atoms with Gasteiger partial charge in [-0.25, -0.2) is 4.57 Å². The molecule has 0 fully saturated rings. The maximum Gasteiger partial charge on any atom is 0.469 e. The lowest BCUT2D eigenvalue weighted by Gasteiger charge is -2.27. The van der Waals surface area contributed by atoms with Crippen molar-refractivity contribution in [3.8, 4) is 0 Å². The summed E-state index contributed by atoms with van der Waals surface area (Å²) in [6, 6.07) is -1.60. The van der Waals surface area contributed by atoms with E-state index in [4.69, 9.17) is 9.79 Å². The third kappa shape index (κ3) is 15.8. The summed E-state index contributed by atoms with van der Waals surface area (Å²) in [6.45, 7) is 1.18. The summed E-state index contributed by atoms with van der Waals surface area (Å²) in [6.07, 6.45) is 3.54. The number of unbranched alkanes of at least 4 members (excludes halogenated alkanes) is 8. The van der Waals surface area contributed by atoms with Crippen molar-refractivity contribution in [2.45, 2.75) is 108 Å². The number of carbonyl (C=O) groups excluding carboxylic acids is 2. The second-order valence-corrected chi connectivity index (χ2v) is 9.28. The molecule has 0 aliphatic rings. The van der Waals surface area contributed by atoms with Gasteiger partial charge in [-0.05, 0) is 6.42 Å². The molecule has 11 nitrogen and oxygen atoms in total. The van der Waals surface area contributed by atoms with Gasteiger partial charge in [0.25, 0.3) is 0 Å². The molecule has 190 valence electrons. The van der Waals surface area contributed by atoms with Crippen molar-refractivity contribution in [1.82, 2.24) is 5.32 Å². The normalized spacial score (nSPS) is 16.7. The number of aliphatic hydroxyl groups excluding tert-OH is 4. The molecule has 0 rings (SSSR count). The van der Waals surface area contributed by atoms with Crippen LogP contribution in [0.3, 0.4) is 0 Å². The first kappa shape index (κ1) is 31.1. The number of phosphoric ester groups is 1. The van der Waals surface area contributed by atoms with Gasteiger partial charge in [-0.1, -0.05) is 64.7 Å². The van der Waals surface area contributed by atoms with Gasteiger partial charge < -0.3 is 40.3 Å². The monoisotopic (exact) mass is 485 g/mol. The summed E-state index contributed by atoms with van der Waals surface area (Å²) in [5.74, 6) is -0.724. The second-order valence-electron chi connectivity index (χ2n) is 8.04. The number of nitrogens with one attached hydrogen (secondary N) is 1. The Labute approximate surface area is 189 Å². The van der Waals surface area contributed by atoms with Crippen LogP contribution in [0.5, 0.6) is 0 Å². The molecule has 0 aromatic heterocycles. The highest BCUT2D eigenvalue weighted by Crippen LogP contribution is 2.35. The standard InChI is InChI=1S/C20H40NO10P/c1-2-3-4-5-6-7-8-9-10-11-15(23)12-18(25)21-16(13-22)19(26)20(27)17(24)14-31-32(28,29)30/h13,15-17,19-20,23-24,26-27H,2-12,14H2,1H3,(H,21,25)(H2,28,29,30). The van der Waals surface area contributed by atoms with E-state index in [-0.39, 0.29) is 12.7 Å². The summed E-state index contributed by atoms with van der Waals surface area (Å²) in [4.78, 5) is 40.4. The number of phosphoric acid groups is 1. The molecular weight excluding hydrogens is 445 g/mol.